The second-order valence-electron chi connectivity index (χ2n) is 5.42. The van der Waals surface area contributed by atoms with Crippen LogP contribution < -0.4 is 11.1 Å². The van der Waals surface area contributed by atoms with Gasteiger partial charge in [0.25, 0.3) is 6.01 Å². The molecular formula is C14H17N3O4. The summed E-state index contributed by atoms with van der Waals surface area (Å²) in [5.41, 5.74) is 5.63. The monoisotopic (exact) mass is 291 g/mol. The molecule has 4 N–H and O–H groups in total. The Labute approximate surface area is 121 Å². The highest BCUT2D eigenvalue weighted by Crippen LogP contribution is 2.32. The van der Waals surface area contributed by atoms with Crippen molar-refractivity contribution in [3.63, 3.8) is 0 Å². The van der Waals surface area contributed by atoms with Gasteiger partial charge in [0.15, 0.2) is 5.76 Å². The molecule has 2 aromatic rings. The third-order valence-corrected chi connectivity index (χ3v) is 2.43. The van der Waals surface area contributed by atoms with Crippen molar-refractivity contribution in [1.29, 1.82) is 0 Å². The second kappa shape index (κ2) is 5.35. The number of amides is 1. The molecule has 21 heavy (non-hydrogen) atoms. The van der Waals surface area contributed by atoms with Crippen molar-refractivity contribution in [3.8, 4) is 17.1 Å². The summed E-state index contributed by atoms with van der Waals surface area (Å²) in [5, 5.41) is 12.4. The molecule has 0 unspecified atom stereocenters. The first-order valence-corrected chi connectivity index (χ1v) is 6.29. The molecule has 0 spiro atoms. The van der Waals surface area contributed by atoms with E-state index < -0.39 is 11.7 Å². The first-order valence-electron chi connectivity index (χ1n) is 6.29. The zero-order chi connectivity index (χ0) is 15.6. The van der Waals surface area contributed by atoms with E-state index in [0.29, 0.717) is 17.0 Å². The van der Waals surface area contributed by atoms with Crippen LogP contribution in [0.3, 0.4) is 0 Å². The van der Waals surface area contributed by atoms with Gasteiger partial charge >= 0.3 is 6.09 Å². The molecule has 0 aliphatic carbocycles. The molecule has 2 rings (SSSR count). The molecule has 1 heterocycles. The molecule has 0 saturated carbocycles. The lowest BCUT2D eigenvalue weighted by atomic mass is 10.1. The topological polar surface area (TPSA) is 111 Å². The standard InChI is InChI=1S/C14H17N3O4/c1-14(2,3)21-13(19)17-8-4-5-10(18)9(6-8)11-7-16-12(15)20-11/h4-7,18H,1-3H3,(H2,15,16)(H,17,19). The van der Waals surface area contributed by atoms with E-state index in [2.05, 4.69) is 10.3 Å². The van der Waals surface area contributed by atoms with Crippen LogP contribution in [0, 0.1) is 0 Å². The minimum absolute atomic E-state index is 0.00472. The molecule has 7 nitrogen and oxygen atoms in total. The first-order chi connectivity index (χ1) is 9.74. The summed E-state index contributed by atoms with van der Waals surface area (Å²) in [4.78, 5) is 15.5. The van der Waals surface area contributed by atoms with Crippen LogP contribution in [0.5, 0.6) is 5.75 Å². The van der Waals surface area contributed by atoms with Crippen molar-refractivity contribution in [3.05, 3.63) is 24.4 Å². The lowest BCUT2D eigenvalue weighted by Crippen LogP contribution is -2.27. The second-order valence-corrected chi connectivity index (χ2v) is 5.42. The Kier molecular flexibility index (Phi) is 3.75. The predicted molar refractivity (Wildman–Crippen MR) is 77.9 cm³/mol. The van der Waals surface area contributed by atoms with Crippen LogP contribution in [0.25, 0.3) is 11.3 Å². The van der Waals surface area contributed by atoms with Gasteiger partial charge in [-0.15, -0.1) is 0 Å². The predicted octanol–water partition coefficient (Wildman–Crippen LogP) is 2.98. The number of nitrogens with zero attached hydrogens (tertiary/aromatic N) is 1. The summed E-state index contributed by atoms with van der Waals surface area (Å²) >= 11 is 0. The van der Waals surface area contributed by atoms with Crippen LogP contribution in [-0.4, -0.2) is 21.8 Å². The third kappa shape index (κ3) is 3.88. The van der Waals surface area contributed by atoms with Crippen molar-refractivity contribution in [2.45, 2.75) is 26.4 Å². The minimum Gasteiger partial charge on any atom is -0.507 e. The van der Waals surface area contributed by atoms with Gasteiger partial charge in [0, 0.05) is 5.69 Å². The van der Waals surface area contributed by atoms with Gasteiger partial charge in [-0.1, -0.05) is 0 Å². The number of nitrogen functional groups attached to an aromatic ring is 1. The maximum atomic E-state index is 11.7. The fourth-order valence-corrected chi connectivity index (χ4v) is 1.64. The normalized spacial score (nSPS) is 11.2. The molecular weight excluding hydrogens is 274 g/mol. The summed E-state index contributed by atoms with van der Waals surface area (Å²) in [5.74, 6) is 0.290. The largest absolute Gasteiger partial charge is 0.507 e. The molecule has 0 aliphatic heterocycles. The molecule has 0 aliphatic rings. The number of carbonyl (C=O) groups excluding carboxylic acids is 1. The van der Waals surface area contributed by atoms with E-state index in [1.54, 1.807) is 32.9 Å². The van der Waals surface area contributed by atoms with Crippen molar-refractivity contribution in [1.82, 2.24) is 4.98 Å². The van der Waals surface area contributed by atoms with Crippen LogP contribution in [-0.2, 0) is 4.74 Å². The Balaban J connectivity index is 2.21. The lowest BCUT2D eigenvalue weighted by molar-refractivity contribution is 0.0636. The molecule has 0 atom stereocenters. The van der Waals surface area contributed by atoms with Crippen LogP contribution >= 0.6 is 0 Å². The van der Waals surface area contributed by atoms with Gasteiger partial charge in [0.2, 0.25) is 0 Å². The Hall–Kier alpha value is -2.70. The SMILES string of the molecule is CC(C)(C)OC(=O)Nc1ccc(O)c(-c2cnc(N)o2)c1. The van der Waals surface area contributed by atoms with E-state index in [9.17, 15) is 9.90 Å². The number of aromatic nitrogens is 1. The molecule has 112 valence electrons. The van der Waals surface area contributed by atoms with Gasteiger partial charge in [-0.05, 0) is 39.0 Å². The summed E-state index contributed by atoms with van der Waals surface area (Å²) < 4.78 is 10.3. The molecule has 0 radical (unpaired) electrons. The quantitative estimate of drug-likeness (QED) is 0.733. The zero-order valence-corrected chi connectivity index (χ0v) is 12.0. The number of nitrogens with one attached hydrogen (secondary N) is 1. The highest BCUT2D eigenvalue weighted by Gasteiger charge is 2.17. The van der Waals surface area contributed by atoms with Gasteiger partial charge in [-0.2, -0.15) is 0 Å². The maximum Gasteiger partial charge on any atom is 0.412 e. The molecule has 1 amide bonds. The van der Waals surface area contributed by atoms with Crippen LogP contribution in [0.4, 0.5) is 16.5 Å². The minimum atomic E-state index is -0.594. The summed E-state index contributed by atoms with van der Waals surface area (Å²) in [6, 6.07) is 4.51. The van der Waals surface area contributed by atoms with Crippen LogP contribution in [0.1, 0.15) is 20.8 Å². The summed E-state index contributed by atoms with van der Waals surface area (Å²) in [6.07, 6.45) is 0.804. The molecule has 0 saturated heterocycles. The average molecular weight is 291 g/mol. The van der Waals surface area contributed by atoms with Gasteiger partial charge in [0.1, 0.15) is 11.4 Å². The number of benzene rings is 1. The highest BCUT2D eigenvalue weighted by atomic mass is 16.6. The number of ether oxygens (including phenoxy) is 1. The average Bonchev–Trinajstić information content (AvgIpc) is 2.76. The van der Waals surface area contributed by atoms with E-state index in [4.69, 9.17) is 14.9 Å². The van der Waals surface area contributed by atoms with E-state index in [-0.39, 0.29) is 11.8 Å². The van der Waals surface area contributed by atoms with E-state index in [1.165, 1.54) is 12.3 Å². The lowest BCUT2D eigenvalue weighted by Gasteiger charge is -2.19. The number of anilines is 2. The van der Waals surface area contributed by atoms with Crippen molar-refractivity contribution >= 4 is 17.8 Å². The van der Waals surface area contributed by atoms with E-state index >= 15 is 0 Å². The maximum absolute atomic E-state index is 11.7. The Morgan fingerprint density at radius 1 is 1.43 bits per heavy atom. The van der Waals surface area contributed by atoms with E-state index in [1.807, 2.05) is 0 Å². The third-order valence-electron chi connectivity index (χ3n) is 2.43. The number of phenolic OH excluding ortho intramolecular Hbond substituents is 1. The van der Waals surface area contributed by atoms with Gasteiger partial charge in [0.05, 0.1) is 11.8 Å². The fourth-order valence-electron chi connectivity index (χ4n) is 1.64. The van der Waals surface area contributed by atoms with Crippen molar-refractivity contribution in [2.75, 3.05) is 11.1 Å². The Bertz CT molecular complexity index is 658. The number of rotatable bonds is 2. The number of hydrogen-bond donors (Lipinski definition) is 3. The van der Waals surface area contributed by atoms with Gasteiger partial charge in [-0.3, -0.25) is 5.32 Å². The smallest absolute Gasteiger partial charge is 0.412 e. The number of carbonyl (C=O) groups is 1. The molecule has 1 aromatic heterocycles. The van der Waals surface area contributed by atoms with Crippen molar-refractivity contribution < 1.29 is 19.1 Å². The van der Waals surface area contributed by atoms with Crippen LogP contribution in [0.15, 0.2) is 28.8 Å². The number of hydrogen-bond acceptors (Lipinski definition) is 6. The number of oxazole rings is 1. The molecule has 0 fully saturated rings. The van der Waals surface area contributed by atoms with Crippen LogP contribution in [0.2, 0.25) is 0 Å². The summed E-state index contributed by atoms with van der Waals surface area (Å²) in [7, 11) is 0. The van der Waals surface area contributed by atoms with Gasteiger partial charge in [-0.25, -0.2) is 9.78 Å². The van der Waals surface area contributed by atoms with Gasteiger partial charge < -0.3 is 20.0 Å². The zero-order valence-electron chi connectivity index (χ0n) is 12.0. The number of phenols is 1. The Morgan fingerprint density at radius 2 is 2.14 bits per heavy atom. The first kappa shape index (κ1) is 14.7. The highest BCUT2D eigenvalue weighted by molar-refractivity contribution is 5.86. The number of nitrogens with two attached hydrogens (primary N) is 1. The number of aromatic hydroxyl groups is 1. The molecule has 7 heteroatoms. The Morgan fingerprint density at radius 3 is 2.71 bits per heavy atom. The van der Waals surface area contributed by atoms with E-state index in [0.717, 1.165) is 0 Å². The van der Waals surface area contributed by atoms with Crippen molar-refractivity contribution in [2.24, 2.45) is 0 Å². The summed E-state index contributed by atoms with van der Waals surface area (Å²) in [6.45, 7) is 5.31. The molecule has 0 bridgehead atoms. The molecule has 1 aromatic carbocycles. The fraction of sp³-hybridized carbons (Fsp3) is 0.286.